The van der Waals surface area contributed by atoms with Crippen LogP contribution in [0.5, 0.6) is 0 Å². The number of halogens is 5. The van der Waals surface area contributed by atoms with Crippen LogP contribution in [0.15, 0.2) is 47.8 Å². The summed E-state index contributed by atoms with van der Waals surface area (Å²) in [5.74, 6) is 0. The predicted molar refractivity (Wildman–Crippen MR) is 97.5 cm³/mol. The zero-order valence-corrected chi connectivity index (χ0v) is 15.5. The molecule has 26 heavy (non-hydrogen) atoms. The van der Waals surface area contributed by atoms with Crippen LogP contribution in [0, 0.1) is 0 Å². The molecule has 0 aliphatic heterocycles. The third-order valence-electron chi connectivity index (χ3n) is 3.51. The second-order valence-electron chi connectivity index (χ2n) is 5.17. The number of alkyl halides is 3. The van der Waals surface area contributed by atoms with Crippen LogP contribution in [0.4, 0.5) is 13.2 Å². The minimum absolute atomic E-state index is 0.0617. The Hall–Kier alpha value is -1.83. The summed E-state index contributed by atoms with van der Waals surface area (Å²) in [6, 6.07) is 8.10. The zero-order valence-electron chi connectivity index (χ0n) is 13.2. The summed E-state index contributed by atoms with van der Waals surface area (Å²) >= 11 is 13.5. The lowest BCUT2D eigenvalue weighted by molar-refractivity contribution is -0.137. The minimum atomic E-state index is -4.47. The van der Waals surface area contributed by atoms with Crippen molar-refractivity contribution in [2.45, 2.75) is 11.3 Å². The standard InChI is InChI=1S/C17H10Cl2F3N3S/c1-26-16-24-14(10-5-6-23-12(18)8-10)13(15(19)25-16)9-3-2-4-11(7-9)17(20,21)22/h2-8H,1H3. The highest BCUT2D eigenvalue weighted by Gasteiger charge is 2.31. The number of thioether (sulfide) groups is 1. The molecule has 0 fully saturated rings. The first kappa shape index (κ1) is 18.9. The van der Waals surface area contributed by atoms with E-state index in [2.05, 4.69) is 15.0 Å². The highest BCUT2D eigenvalue weighted by molar-refractivity contribution is 7.98. The molecule has 0 radical (unpaired) electrons. The average Bonchev–Trinajstić information content (AvgIpc) is 2.60. The molecule has 0 spiro atoms. The highest BCUT2D eigenvalue weighted by Crippen LogP contribution is 2.39. The molecule has 0 unspecified atom stereocenters. The lowest BCUT2D eigenvalue weighted by Crippen LogP contribution is -2.05. The molecule has 134 valence electrons. The van der Waals surface area contributed by atoms with Gasteiger partial charge in [-0.15, -0.1) is 0 Å². The average molecular weight is 416 g/mol. The third kappa shape index (κ3) is 3.95. The van der Waals surface area contributed by atoms with Crippen LogP contribution in [0.25, 0.3) is 22.4 Å². The predicted octanol–water partition coefficient (Wildman–Crippen LogP) is 6.25. The molecule has 0 amide bonds. The molecule has 3 rings (SSSR count). The maximum Gasteiger partial charge on any atom is 0.416 e. The smallest absolute Gasteiger partial charge is 0.245 e. The summed E-state index contributed by atoms with van der Waals surface area (Å²) in [6.45, 7) is 0. The van der Waals surface area contributed by atoms with E-state index in [1.54, 1.807) is 18.4 Å². The summed E-state index contributed by atoms with van der Waals surface area (Å²) in [6.07, 6.45) is -1.20. The molecule has 3 nitrogen and oxygen atoms in total. The Labute approximate surface area is 161 Å². The minimum Gasteiger partial charge on any atom is -0.245 e. The number of hydrogen-bond donors (Lipinski definition) is 0. The molecule has 0 aliphatic carbocycles. The van der Waals surface area contributed by atoms with Crippen LogP contribution in [0.3, 0.4) is 0 Å². The van der Waals surface area contributed by atoms with E-state index >= 15 is 0 Å². The lowest BCUT2D eigenvalue weighted by Gasteiger charge is -2.14. The van der Waals surface area contributed by atoms with Crippen molar-refractivity contribution in [2.75, 3.05) is 6.26 Å². The number of rotatable bonds is 3. The fraction of sp³-hybridized carbons (Fsp3) is 0.118. The first-order valence-corrected chi connectivity index (χ1v) is 9.18. The fourth-order valence-electron chi connectivity index (χ4n) is 2.37. The molecule has 0 saturated heterocycles. The van der Waals surface area contributed by atoms with E-state index in [4.69, 9.17) is 23.2 Å². The Balaban J connectivity index is 2.28. The van der Waals surface area contributed by atoms with Crippen molar-refractivity contribution in [3.63, 3.8) is 0 Å². The molecule has 1 aromatic carbocycles. The molecule has 9 heteroatoms. The van der Waals surface area contributed by atoms with Crippen molar-refractivity contribution in [1.29, 1.82) is 0 Å². The van der Waals surface area contributed by atoms with E-state index in [0.717, 1.165) is 12.1 Å². The van der Waals surface area contributed by atoms with Gasteiger partial charge in [-0.05, 0) is 36.1 Å². The Morgan fingerprint density at radius 3 is 2.42 bits per heavy atom. The zero-order chi connectivity index (χ0) is 18.9. The van der Waals surface area contributed by atoms with Crippen molar-refractivity contribution in [3.05, 3.63) is 58.5 Å². The van der Waals surface area contributed by atoms with Crippen LogP contribution in [-0.2, 0) is 6.18 Å². The molecule has 0 N–H and O–H groups in total. The Morgan fingerprint density at radius 1 is 1.00 bits per heavy atom. The van der Waals surface area contributed by atoms with Crippen LogP contribution >= 0.6 is 35.0 Å². The number of pyridine rings is 1. The van der Waals surface area contributed by atoms with Gasteiger partial charge in [-0.25, -0.2) is 15.0 Å². The first-order valence-electron chi connectivity index (χ1n) is 7.20. The van der Waals surface area contributed by atoms with E-state index in [1.165, 1.54) is 30.1 Å². The molecule has 0 atom stereocenters. The van der Waals surface area contributed by atoms with Gasteiger partial charge in [0.1, 0.15) is 10.3 Å². The maximum atomic E-state index is 13.1. The Morgan fingerprint density at radius 2 is 1.77 bits per heavy atom. The van der Waals surface area contributed by atoms with Gasteiger partial charge in [0.2, 0.25) is 0 Å². The maximum absolute atomic E-state index is 13.1. The molecular weight excluding hydrogens is 406 g/mol. The van der Waals surface area contributed by atoms with Crippen LogP contribution in [0.1, 0.15) is 5.56 Å². The second-order valence-corrected chi connectivity index (χ2v) is 6.69. The second kappa shape index (κ2) is 7.42. The summed E-state index contributed by atoms with van der Waals surface area (Å²) < 4.78 is 39.3. The van der Waals surface area contributed by atoms with E-state index < -0.39 is 11.7 Å². The van der Waals surface area contributed by atoms with Gasteiger partial charge in [0.25, 0.3) is 0 Å². The van der Waals surface area contributed by atoms with Crippen molar-refractivity contribution in [2.24, 2.45) is 0 Å². The molecule has 2 aromatic heterocycles. The molecule has 0 aliphatic rings. The van der Waals surface area contributed by atoms with E-state index in [0.29, 0.717) is 22.0 Å². The van der Waals surface area contributed by atoms with Crippen molar-refractivity contribution < 1.29 is 13.2 Å². The van der Waals surface area contributed by atoms with Gasteiger partial charge in [-0.1, -0.05) is 47.1 Å². The number of aromatic nitrogens is 3. The number of benzene rings is 1. The van der Waals surface area contributed by atoms with Gasteiger partial charge in [0.05, 0.1) is 11.3 Å². The van der Waals surface area contributed by atoms with Crippen LogP contribution in [-0.4, -0.2) is 21.2 Å². The van der Waals surface area contributed by atoms with Gasteiger partial charge in [0.15, 0.2) is 5.16 Å². The van der Waals surface area contributed by atoms with Crippen molar-refractivity contribution >= 4 is 35.0 Å². The first-order chi connectivity index (χ1) is 12.3. The van der Waals surface area contributed by atoms with Gasteiger partial charge in [-0.2, -0.15) is 13.2 Å². The summed E-state index contributed by atoms with van der Waals surface area (Å²) in [5.41, 5.74) is 0.756. The molecule has 0 saturated carbocycles. The van der Waals surface area contributed by atoms with Gasteiger partial charge in [0, 0.05) is 17.3 Å². The topological polar surface area (TPSA) is 38.7 Å². The number of nitrogens with zero attached hydrogens (tertiary/aromatic N) is 3. The highest BCUT2D eigenvalue weighted by atomic mass is 35.5. The van der Waals surface area contributed by atoms with E-state index in [1.807, 2.05) is 0 Å². The normalized spacial score (nSPS) is 11.6. The SMILES string of the molecule is CSc1nc(Cl)c(-c2cccc(C(F)(F)F)c2)c(-c2ccnc(Cl)c2)n1. The monoisotopic (exact) mass is 415 g/mol. The summed E-state index contributed by atoms with van der Waals surface area (Å²) in [7, 11) is 0. The van der Waals surface area contributed by atoms with Gasteiger partial charge in [-0.3, -0.25) is 0 Å². The van der Waals surface area contributed by atoms with Gasteiger partial charge < -0.3 is 0 Å². The summed E-state index contributed by atoms with van der Waals surface area (Å²) in [4.78, 5) is 12.5. The van der Waals surface area contributed by atoms with Gasteiger partial charge >= 0.3 is 6.18 Å². The summed E-state index contributed by atoms with van der Waals surface area (Å²) in [5, 5.41) is 0.693. The van der Waals surface area contributed by atoms with Crippen molar-refractivity contribution in [1.82, 2.24) is 15.0 Å². The van der Waals surface area contributed by atoms with E-state index in [-0.39, 0.29) is 15.9 Å². The quantitative estimate of drug-likeness (QED) is 0.219. The largest absolute Gasteiger partial charge is 0.416 e. The van der Waals surface area contributed by atoms with Crippen LogP contribution in [0.2, 0.25) is 10.3 Å². The van der Waals surface area contributed by atoms with Crippen LogP contribution < -0.4 is 0 Å². The molecule has 2 heterocycles. The lowest BCUT2D eigenvalue weighted by atomic mass is 9.99. The number of hydrogen-bond acceptors (Lipinski definition) is 4. The van der Waals surface area contributed by atoms with E-state index in [9.17, 15) is 13.2 Å². The molecular formula is C17H10Cl2F3N3S. The van der Waals surface area contributed by atoms with Crippen molar-refractivity contribution in [3.8, 4) is 22.4 Å². The fourth-order valence-corrected chi connectivity index (χ4v) is 3.24. The molecule has 0 bridgehead atoms. The Bertz CT molecular complexity index is 964. The molecule has 3 aromatic rings. The third-order valence-corrected chi connectivity index (χ3v) is 4.53. The Kier molecular flexibility index (Phi) is 5.41.